The molecule has 0 heterocycles. The van der Waals surface area contributed by atoms with Crippen LogP contribution < -0.4 is 0 Å². The van der Waals surface area contributed by atoms with E-state index in [4.69, 9.17) is 11.6 Å². The Balaban J connectivity index is 1.45. The minimum Gasteiger partial charge on any atom is -0.207 e. The Morgan fingerprint density at radius 3 is 2.03 bits per heavy atom. The van der Waals surface area contributed by atoms with E-state index in [1.54, 1.807) is 6.07 Å². The fourth-order valence-corrected chi connectivity index (χ4v) is 4.48. The van der Waals surface area contributed by atoms with E-state index in [1.165, 1.54) is 12.1 Å². The molecule has 0 aromatic heterocycles. The van der Waals surface area contributed by atoms with Crippen molar-refractivity contribution in [1.29, 1.82) is 0 Å². The van der Waals surface area contributed by atoms with Crippen molar-refractivity contribution in [2.45, 2.75) is 51.9 Å². The van der Waals surface area contributed by atoms with Crippen molar-refractivity contribution in [3.8, 4) is 0 Å². The van der Waals surface area contributed by atoms with Crippen LogP contribution >= 0.6 is 11.6 Å². The maximum Gasteiger partial charge on any atom is 0.134 e. The Labute approximate surface area is 204 Å². The fourth-order valence-electron chi connectivity index (χ4n) is 4.35. The summed E-state index contributed by atoms with van der Waals surface area (Å²) in [6, 6.07) is 19.8. The highest BCUT2D eigenvalue weighted by Crippen LogP contribution is 2.25. The zero-order valence-electron chi connectivity index (χ0n) is 19.3. The highest BCUT2D eigenvalue weighted by atomic mass is 35.5. The van der Waals surface area contributed by atoms with Crippen LogP contribution in [-0.4, -0.2) is 0 Å². The number of fused-ring (bicyclic) bond motifs is 1. The predicted octanol–water partition coefficient (Wildman–Crippen LogP) is 8.82. The van der Waals surface area contributed by atoms with Crippen molar-refractivity contribution >= 4 is 22.4 Å². The Kier molecular flexibility index (Phi) is 7.95. The van der Waals surface area contributed by atoms with Crippen LogP contribution in [0.5, 0.6) is 0 Å². The van der Waals surface area contributed by atoms with Crippen molar-refractivity contribution in [1.82, 2.24) is 0 Å². The van der Waals surface area contributed by atoms with Gasteiger partial charge in [0.25, 0.3) is 0 Å². The molecule has 0 saturated heterocycles. The van der Waals surface area contributed by atoms with E-state index < -0.39 is 11.6 Å². The van der Waals surface area contributed by atoms with Gasteiger partial charge in [-0.25, -0.2) is 13.2 Å². The maximum atomic E-state index is 15.1. The molecule has 0 fully saturated rings. The van der Waals surface area contributed by atoms with Crippen molar-refractivity contribution in [3.63, 3.8) is 0 Å². The van der Waals surface area contributed by atoms with Crippen LogP contribution in [0.15, 0.2) is 66.7 Å². The van der Waals surface area contributed by atoms with Crippen molar-refractivity contribution in [2.24, 2.45) is 0 Å². The number of rotatable bonds is 9. The normalized spacial score (nSPS) is 11.3. The molecule has 0 saturated carbocycles. The molecule has 4 aromatic carbocycles. The highest BCUT2D eigenvalue weighted by molar-refractivity contribution is 6.30. The first-order valence-corrected chi connectivity index (χ1v) is 12.2. The largest absolute Gasteiger partial charge is 0.207 e. The second-order valence-corrected chi connectivity index (χ2v) is 9.30. The molecule has 0 aliphatic heterocycles. The molecule has 0 atom stereocenters. The summed E-state index contributed by atoms with van der Waals surface area (Å²) in [4.78, 5) is 0. The molecule has 0 amide bonds. The lowest BCUT2D eigenvalue weighted by Crippen LogP contribution is -2.01. The summed E-state index contributed by atoms with van der Waals surface area (Å²) in [6.45, 7) is 2.05. The number of hydrogen-bond acceptors (Lipinski definition) is 0. The molecule has 4 aromatic rings. The Hall–Kier alpha value is -2.78. The number of unbranched alkanes of at least 4 members (excludes halogenated alkanes) is 1. The molecule has 34 heavy (non-hydrogen) atoms. The van der Waals surface area contributed by atoms with Crippen LogP contribution in [0, 0.1) is 17.5 Å². The van der Waals surface area contributed by atoms with Crippen LogP contribution in [0.2, 0.25) is 5.02 Å². The van der Waals surface area contributed by atoms with Crippen LogP contribution in [0.4, 0.5) is 13.2 Å². The maximum absolute atomic E-state index is 15.1. The van der Waals surface area contributed by atoms with Gasteiger partial charge in [-0.3, -0.25) is 0 Å². The van der Waals surface area contributed by atoms with E-state index in [9.17, 15) is 8.78 Å². The number of halogens is 4. The lowest BCUT2D eigenvalue weighted by Gasteiger charge is -2.10. The first-order valence-electron chi connectivity index (χ1n) is 11.9. The van der Waals surface area contributed by atoms with E-state index in [1.807, 2.05) is 48.5 Å². The van der Waals surface area contributed by atoms with Gasteiger partial charge in [-0.05, 0) is 90.4 Å². The lowest BCUT2D eigenvalue weighted by atomic mass is 9.96. The van der Waals surface area contributed by atoms with Gasteiger partial charge in [0.2, 0.25) is 0 Å². The van der Waals surface area contributed by atoms with Crippen molar-refractivity contribution in [3.05, 3.63) is 117 Å². The topological polar surface area (TPSA) is 0 Å². The minimum atomic E-state index is -0.483. The number of hydrogen-bond donors (Lipinski definition) is 0. The zero-order valence-corrected chi connectivity index (χ0v) is 20.1. The van der Waals surface area contributed by atoms with Crippen molar-refractivity contribution in [2.75, 3.05) is 0 Å². The highest BCUT2D eigenvalue weighted by Gasteiger charge is 2.13. The van der Waals surface area contributed by atoms with E-state index >= 15 is 4.39 Å². The van der Waals surface area contributed by atoms with Gasteiger partial charge in [-0.1, -0.05) is 67.4 Å². The molecule has 4 heteroatoms. The molecule has 0 nitrogen and oxygen atoms in total. The summed E-state index contributed by atoms with van der Waals surface area (Å²) in [5.41, 5.74) is 3.52. The monoisotopic (exact) mass is 480 g/mol. The quantitative estimate of drug-likeness (QED) is 0.224. The molecule has 4 rings (SSSR count). The SMILES string of the molecule is CCCCc1cc(F)c(CCc2ccc3c(F)c(CCc4ccc(Cl)cc4)ccc3c2)c(F)c1. The third-order valence-electron chi connectivity index (χ3n) is 6.38. The van der Waals surface area contributed by atoms with E-state index in [0.29, 0.717) is 40.8 Å². The van der Waals surface area contributed by atoms with E-state index in [0.717, 1.165) is 35.8 Å². The summed E-state index contributed by atoms with van der Waals surface area (Å²) >= 11 is 5.93. The molecule has 0 N–H and O–H groups in total. The third-order valence-corrected chi connectivity index (χ3v) is 6.63. The predicted molar refractivity (Wildman–Crippen MR) is 135 cm³/mol. The van der Waals surface area contributed by atoms with Crippen LogP contribution in [0.3, 0.4) is 0 Å². The first kappa shape index (κ1) is 24.3. The zero-order chi connectivity index (χ0) is 24.1. The summed E-state index contributed by atoms with van der Waals surface area (Å²) in [5, 5.41) is 2.04. The average Bonchev–Trinajstić information content (AvgIpc) is 2.83. The van der Waals surface area contributed by atoms with Gasteiger partial charge < -0.3 is 0 Å². The fraction of sp³-hybridized carbons (Fsp3) is 0.267. The average molecular weight is 481 g/mol. The summed E-state index contributed by atoms with van der Waals surface area (Å²) in [6.07, 6.45) is 4.65. The first-order chi connectivity index (χ1) is 16.4. The molecule has 0 unspecified atom stereocenters. The van der Waals surface area contributed by atoms with Crippen molar-refractivity contribution < 1.29 is 13.2 Å². The summed E-state index contributed by atoms with van der Waals surface area (Å²) < 4.78 is 44.2. The molecule has 176 valence electrons. The number of benzene rings is 4. The van der Waals surface area contributed by atoms with Crippen LogP contribution in [0.1, 0.15) is 47.6 Å². The van der Waals surface area contributed by atoms with Gasteiger partial charge in [0.05, 0.1) is 0 Å². The molecule has 0 radical (unpaired) electrons. The Morgan fingerprint density at radius 1 is 0.647 bits per heavy atom. The van der Waals surface area contributed by atoms with Gasteiger partial charge in [-0.15, -0.1) is 0 Å². The summed E-state index contributed by atoms with van der Waals surface area (Å²) in [5.74, 6) is -1.18. The van der Waals surface area contributed by atoms with Gasteiger partial charge >= 0.3 is 0 Å². The molecule has 0 aliphatic carbocycles. The second-order valence-electron chi connectivity index (χ2n) is 8.86. The Morgan fingerprint density at radius 2 is 1.32 bits per heavy atom. The van der Waals surface area contributed by atoms with Gasteiger partial charge in [-0.2, -0.15) is 0 Å². The minimum absolute atomic E-state index is 0.115. The molecule has 0 spiro atoms. The smallest absolute Gasteiger partial charge is 0.134 e. The molecular weight excluding hydrogens is 453 g/mol. The molecular formula is C30H28ClF3. The third kappa shape index (κ3) is 5.82. The second kappa shape index (κ2) is 11.1. The molecule has 0 aliphatic rings. The standard InChI is InChI=1S/C30H28ClF3/c1-2-3-4-22-18-28(32)27(29(33)19-22)16-9-21-8-15-26-24(17-21)12-11-23(30(26)34)10-5-20-6-13-25(31)14-7-20/h6-8,11-15,17-19H,2-5,9-10,16H2,1H3. The van der Waals surface area contributed by atoms with Gasteiger partial charge in [0.15, 0.2) is 0 Å². The van der Waals surface area contributed by atoms with Gasteiger partial charge in [0.1, 0.15) is 17.5 Å². The van der Waals surface area contributed by atoms with Crippen LogP contribution in [-0.2, 0) is 32.1 Å². The van der Waals surface area contributed by atoms with E-state index in [-0.39, 0.29) is 17.8 Å². The molecule has 0 bridgehead atoms. The van der Waals surface area contributed by atoms with Crippen LogP contribution in [0.25, 0.3) is 10.8 Å². The number of aryl methyl sites for hydroxylation is 4. The van der Waals surface area contributed by atoms with Gasteiger partial charge in [0, 0.05) is 16.0 Å². The Bertz CT molecular complexity index is 1260. The summed E-state index contributed by atoms with van der Waals surface area (Å²) in [7, 11) is 0. The van der Waals surface area contributed by atoms with E-state index in [2.05, 4.69) is 6.92 Å². The lowest BCUT2D eigenvalue weighted by molar-refractivity contribution is 0.550.